The van der Waals surface area contributed by atoms with E-state index in [2.05, 4.69) is 13.8 Å². The monoisotopic (exact) mass is 272 g/mol. The van der Waals surface area contributed by atoms with Crippen molar-refractivity contribution in [1.82, 2.24) is 4.90 Å². The topological polar surface area (TPSA) is 59.5 Å². The minimum absolute atomic E-state index is 0.0689. The number of amides is 1. The van der Waals surface area contributed by atoms with Gasteiger partial charge in [-0.3, -0.25) is 4.79 Å². The minimum atomic E-state index is -0.252. The lowest BCUT2D eigenvalue weighted by Crippen LogP contribution is -2.71. The Morgan fingerprint density at radius 1 is 1.35 bits per heavy atom. The molecular formula is C16H20N2O2. The highest BCUT2D eigenvalue weighted by Gasteiger charge is 2.44. The predicted molar refractivity (Wildman–Crippen MR) is 78.6 cm³/mol. The molecule has 3 rings (SSSR count). The maximum absolute atomic E-state index is 12.4. The van der Waals surface area contributed by atoms with Crippen molar-refractivity contribution in [2.45, 2.75) is 26.3 Å². The number of carbonyl (C=O) groups is 1. The Kier molecular flexibility index (Phi) is 2.87. The number of benzene rings is 1. The van der Waals surface area contributed by atoms with Crippen LogP contribution in [0.5, 0.6) is 0 Å². The molecular weight excluding hydrogens is 252 g/mol. The van der Waals surface area contributed by atoms with E-state index in [1.54, 1.807) is 4.90 Å². The van der Waals surface area contributed by atoms with Gasteiger partial charge in [0.05, 0.1) is 5.54 Å². The fourth-order valence-corrected chi connectivity index (χ4v) is 2.60. The Labute approximate surface area is 118 Å². The second kappa shape index (κ2) is 4.35. The third-order valence-electron chi connectivity index (χ3n) is 4.29. The second-order valence-electron chi connectivity index (χ2n) is 6.20. The van der Waals surface area contributed by atoms with Crippen LogP contribution in [0.3, 0.4) is 0 Å². The van der Waals surface area contributed by atoms with Gasteiger partial charge in [-0.2, -0.15) is 0 Å². The van der Waals surface area contributed by atoms with Crippen molar-refractivity contribution in [2.75, 3.05) is 13.1 Å². The van der Waals surface area contributed by atoms with Crippen LogP contribution < -0.4 is 5.73 Å². The van der Waals surface area contributed by atoms with Crippen molar-refractivity contribution in [3.63, 3.8) is 0 Å². The predicted octanol–water partition coefficient (Wildman–Crippen LogP) is 2.55. The van der Waals surface area contributed by atoms with Crippen LogP contribution in [0.15, 0.2) is 28.7 Å². The molecule has 0 spiro atoms. The molecule has 1 aromatic heterocycles. The third-order valence-corrected chi connectivity index (χ3v) is 4.29. The first kappa shape index (κ1) is 13.2. The Morgan fingerprint density at radius 3 is 2.70 bits per heavy atom. The summed E-state index contributed by atoms with van der Waals surface area (Å²) < 4.78 is 5.64. The largest absolute Gasteiger partial charge is 0.451 e. The van der Waals surface area contributed by atoms with E-state index in [9.17, 15) is 4.79 Å². The maximum Gasteiger partial charge on any atom is 0.289 e. The van der Waals surface area contributed by atoms with Crippen LogP contribution in [0.4, 0.5) is 0 Å². The molecule has 1 amide bonds. The van der Waals surface area contributed by atoms with Crippen molar-refractivity contribution in [1.29, 1.82) is 0 Å². The Bertz CT molecular complexity index is 666. The van der Waals surface area contributed by atoms with E-state index in [1.165, 1.54) is 0 Å². The van der Waals surface area contributed by atoms with E-state index in [0.717, 1.165) is 16.5 Å². The fourth-order valence-electron chi connectivity index (χ4n) is 2.60. The normalized spacial score (nSPS) is 17.6. The van der Waals surface area contributed by atoms with Gasteiger partial charge in [-0.25, -0.2) is 0 Å². The molecule has 20 heavy (non-hydrogen) atoms. The van der Waals surface area contributed by atoms with Gasteiger partial charge in [0.15, 0.2) is 5.76 Å². The molecule has 1 aliphatic rings. The van der Waals surface area contributed by atoms with Crippen molar-refractivity contribution in [3.8, 4) is 0 Å². The van der Waals surface area contributed by atoms with E-state index in [1.807, 2.05) is 31.2 Å². The van der Waals surface area contributed by atoms with Crippen LogP contribution in [0.25, 0.3) is 11.0 Å². The van der Waals surface area contributed by atoms with Crippen molar-refractivity contribution >= 4 is 16.9 Å². The van der Waals surface area contributed by atoms with Gasteiger partial charge in [0.25, 0.3) is 5.91 Å². The summed E-state index contributed by atoms with van der Waals surface area (Å²) in [6.45, 7) is 7.39. The highest BCUT2D eigenvalue weighted by molar-refractivity contribution is 5.96. The van der Waals surface area contributed by atoms with Crippen molar-refractivity contribution in [2.24, 2.45) is 11.7 Å². The Hall–Kier alpha value is -1.81. The molecule has 4 heteroatoms. The highest BCUT2D eigenvalue weighted by atomic mass is 16.3. The van der Waals surface area contributed by atoms with E-state index in [4.69, 9.17) is 10.2 Å². The molecule has 1 aromatic carbocycles. The van der Waals surface area contributed by atoms with Crippen LogP contribution in [-0.4, -0.2) is 29.4 Å². The van der Waals surface area contributed by atoms with Gasteiger partial charge in [-0.15, -0.1) is 0 Å². The summed E-state index contributed by atoms with van der Waals surface area (Å²) in [6, 6.07) is 7.72. The fraction of sp³-hybridized carbons (Fsp3) is 0.438. The SMILES string of the molecule is Cc1ccc2oc(C(=O)N3CC(N)(C(C)C)C3)cc2c1. The smallest absolute Gasteiger partial charge is 0.289 e. The van der Waals surface area contributed by atoms with Gasteiger partial charge >= 0.3 is 0 Å². The molecule has 2 N–H and O–H groups in total. The summed E-state index contributed by atoms with van der Waals surface area (Å²) in [4.78, 5) is 14.1. The number of rotatable bonds is 2. The first-order valence-corrected chi connectivity index (χ1v) is 6.97. The van der Waals surface area contributed by atoms with Crippen LogP contribution in [0.1, 0.15) is 30.0 Å². The lowest BCUT2D eigenvalue weighted by molar-refractivity contribution is 0.0250. The van der Waals surface area contributed by atoms with Crippen molar-refractivity contribution < 1.29 is 9.21 Å². The highest BCUT2D eigenvalue weighted by Crippen LogP contribution is 2.29. The van der Waals surface area contributed by atoms with E-state index >= 15 is 0 Å². The lowest BCUT2D eigenvalue weighted by atomic mass is 9.80. The summed E-state index contributed by atoms with van der Waals surface area (Å²) in [6.07, 6.45) is 0. The number of nitrogens with two attached hydrogens (primary N) is 1. The molecule has 0 saturated carbocycles. The molecule has 1 saturated heterocycles. The molecule has 1 aliphatic heterocycles. The second-order valence-corrected chi connectivity index (χ2v) is 6.20. The van der Waals surface area contributed by atoms with Gasteiger partial charge in [0, 0.05) is 18.5 Å². The van der Waals surface area contributed by atoms with E-state index in [0.29, 0.717) is 24.8 Å². The zero-order chi connectivity index (χ0) is 14.5. The molecule has 2 heterocycles. The number of hydrogen-bond acceptors (Lipinski definition) is 3. The summed E-state index contributed by atoms with van der Waals surface area (Å²) in [7, 11) is 0. The summed E-state index contributed by atoms with van der Waals surface area (Å²) in [5, 5.41) is 0.969. The molecule has 1 fully saturated rings. The first-order valence-electron chi connectivity index (χ1n) is 6.97. The molecule has 0 aliphatic carbocycles. The number of aryl methyl sites for hydroxylation is 1. The van der Waals surface area contributed by atoms with E-state index < -0.39 is 0 Å². The van der Waals surface area contributed by atoms with Gasteiger partial charge in [0.1, 0.15) is 5.58 Å². The number of nitrogens with zero attached hydrogens (tertiary/aromatic N) is 1. The first-order chi connectivity index (χ1) is 9.39. The van der Waals surface area contributed by atoms with Crippen LogP contribution in [0.2, 0.25) is 0 Å². The van der Waals surface area contributed by atoms with Crippen LogP contribution >= 0.6 is 0 Å². The molecule has 0 radical (unpaired) electrons. The van der Waals surface area contributed by atoms with Crippen LogP contribution in [0, 0.1) is 12.8 Å². The minimum Gasteiger partial charge on any atom is -0.451 e. The number of furan rings is 1. The number of hydrogen-bond donors (Lipinski definition) is 1. The summed E-state index contributed by atoms with van der Waals surface area (Å²) in [5.74, 6) is 0.696. The summed E-state index contributed by atoms with van der Waals surface area (Å²) >= 11 is 0. The third kappa shape index (κ3) is 2.00. The number of fused-ring (bicyclic) bond motifs is 1. The van der Waals surface area contributed by atoms with Gasteiger partial charge in [-0.05, 0) is 31.0 Å². The molecule has 0 unspecified atom stereocenters. The lowest BCUT2D eigenvalue weighted by Gasteiger charge is -2.49. The van der Waals surface area contributed by atoms with Gasteiger partial charge in [0.2, 0.25) is 0 Å². The molecule has 106 valence electrons. The number of carbonyl (C=O) groups excluding carboxylic acids is 1. The van der Waals surface area contributed by atoms with Gasteiger partial charge in [-0.1, -0.05) is 25.5 Å². The number of likely N-dealkylation sites (tertiary alicyclic amines) is 1. The van der Waals surface area contributed by atoms with Crippen molar-refractivity contribution in [3.05, 3.63) is 35.6 Å². The van der Waals surface area contributed by atoms with E-state index in [-0.39, 0.29) is 11.4 Å². The molecule has 0 bridgehead atoms. The molecule has 4 nitrogen and oxygen atoms in total. The Balaban J connectivity index is 1.80. The van der Waals surface area contributed by atoms with Gasteiger partial charge < -0.3 is 15.1 Å². The maximum atomic E-state index is 12.4. The molecule has 2 aromatic rings. The average molecular weight is 272 g/mol. The zero-order valence-corrected chi connectivity index (χ0v) is 12.1. The zero-order valence-electron chi connectivity index (χ0n) is 12.1. The average Bonchev–Trinajstić information content (AvgIpc) is 2.76. The Morgan fingerprint density at radius 2 is 2.05 bits per heavy atom. The summed E-state index contributed by atoms with van der Waals surface area (Å²) in [5.41, 5.74) is 7.88. The quantitative estimate of drug-likeness (QED) is 0.914. The van der Waals surface area contributed by atoms with Crippen LogP contribution in [-0.2, 0) is 0 Å². The molecule has 0 atom stereocenters. The standard InChI is InChI=1S/C16H20N2O2/c1-10(2)16(17)8-18(9-16)15(19)14-7-12-6-11(3)4-5-13(12)20-14/h4-7,10H,8-9,17H2,1-3H3.